The average molecular weight is 408 g/mol. The van der Waals surface area contributed by atoms with Gasteiger partial charge in [-0.15, -0.1) is 0 Å². The SMILES string of the molecule is Cn1cnc2ncn(Cc3nc(C4C5CN(c6ncccc6F)CC54)no3)c(=O)c21. The largest absolute Gasteiger partial charge is 0.354 e. The molecule has 4 aromatic rings. The van der Waals surface area contributed by atoms with Crippen LogP contribution in [0.15, 0.2) is 40.3 Å². The van der Waals surface area contributed by atoms with E-state index in [1.807, 2.05) is 4.90 Å². The van der Waals surface area contributed by atoms with Crippen LogP contribution in [0.4, 0.5) is 10.2 Å². The zero-order valence-electron chi connectivity index (χ0n) is 16.0. The molecule has 1 aliphatic carbocycles. The van der Waals surface area contributed by atoms with E-state index >= 15 is 0 Å². The molecule has 5 heterocycles. The van der Waals surface area contributed by atoms with Crippen LogP contribution in [-0.2, 0) is 13.6 Å². The Bertz CT molecular complexity index is 1320. The van der Waals surface area contributed by atoms with E-state index in [0.29, 0.717) is 53.6 Å². The van der Waals surface area contributed by atoms with Crippen molar-refractivity contribution in [3.8, 4) is 0 Å². The van der Waals surface area contributed by atoms with Crippen molar-refractivity contribution >= 4 is 17.0 Å². The first-order valence-corrected chi connectivity index (χ1v) is 9.64. The summed E-state index contributed by atoms with van der Waals surface area (Å²) in [7, 11) is 1.75. The number of hydrogen-bond donors (Lipinski definition) is 0. The third-order valence-electron chi connectivity index (χ3n) is 6.02. The molecule has 4 aromatic heterocycles. The van der Waals surface area contributed by atoms with E-state index in [0.717, 1.165) is 0 Å². The van der Waals surface area contributed by atoms with Gasteiger partial charge in [-0.1, -0.05) is 5.16 Å². The summed E-state index contributed by atoms with van der Waals surface area (Å²) in [6.07, 6.45) is 4.60. The van der Waals surface area contributed by atoms with Crippen LogP contribution in [0.2, 0.25) is 0 Å². The Morgan fingerprint density at radius 1 is 1.20 bits per heavy atom. The summed E-state index contributed by atoms with van der Waals surface area (Å²) in [5.41, 5.74) is 0.622. The van der Waals surface area contributed by atoms with Crippen LogP contribution in [0, 0.1) is 17.7 Å². The summed E-state index contributed by atoms with van der Waals surface area (Å²) < 4.78 is 22.4. The average Bonchev–Trinajstić information content (AvgIpc) is 3.16. The molecule has 1 saturated carbocycles. The first kappa shape index (κ1) is 17.2. The number of anilines is 1. The summed E-state index contributed by atoms with van der Waals surface area (Å²) in [5.74, 6) is 1.99. The molecule has 6 rings (SSSR count). The predicted molar refractivity (Wildman–Crippen MR) is 102 cm³/mol. The van der Waals surface area contributed by atoms with Gasteiger partial charge in [0, 0.05) is 32.3 Å². The molecule has 2 aliphatic rings. The van der Waals surface area contributed by atoms with Gasteiger partial charge in [0.1, 0.15) is 12.9 Å². The van der Waals surface area contributed by atoms with E-state index < -0.39 is 0 Å². The number of rotatable bonds is 4. The summed E-state index contributed by atoms with van der Waals surface area (Å²) in [6.45, 7) is 1.58. The lowest BCUT2D eigenvalue weighted by molar-refractivity contribution is 0.363. The van der Waals surface area contributed by atoms with E-state index in [1.54, 1.807) is 30.2 Å². The van der Waals surface area contributed by atoms with Gasteiger partial charge in [-0.3, -0.25) is 9.36 Å². The van der Waals surface area contributed by atoms with Gasteiger partial charge in [-0.25, -0.2) is 19.3 Å². The highest BCUT2D eigenvalue weighted by Gasteiger charge is 2.59. The molecule has 0 aromatic carbocycles. The highest BCUT2D eigenvalue weighted by Crippen LogP contribution is 2.57. The van der Waals surface area contributed by atoms with Gasteiger partial charge in [0.25, 0.3) is 5.56 Å². The van der Waals surface area contributed by atoms with E-state index in [-0.39, 0.29) is 23.8 Å². The predicted octanol–water partition coefficient (Wildman–Crippen LogP) is 0.945. The lowest BCUT2D eigenvalue weighted by Crippen LogP contribution is -2.25. The van der Waals surface area contributed by atoms with Crippen molar-refractivity contribution in [1.82, 2.24) is 34.2 Å². The van der Waals surface area contributed by atoms with Crippen LogP contribution in [-0.4, -0.2) is 47.3 Å². The number of aromatic nitrogens is 7. The molecule has 0 bridgehead atoms. The second-order valence-corrected chi connectivity index (χ2v) is 7.82. The van der Waals surface area contributed by atoms with Crippen molar-refractivity contribution < 1.29 is 8.91 Å². The fraction of sp³-hybridized carbons (Fsp3) is 0.368. The van der Waals surface area contributed by atoms with Crippen molar-refractivity contribution in [2.45, 2.75) is 12.5 Å². The van der Waals surface area contributed by atoms with E-state index in [2.05, 4.69) is 25.1 Å². The molecule has 30 heavy (non-hydrogen) atoms. The summed E-state index contributed by atoms with van der Waals surface area (Å²) >= 11 is 0. The normalized spacial score (nSPS) is 22.6. The molecule has 11 heteroatoms. The molecule has 0 amide bonds. The first-order valence-electron chi connectivity index (χ1n) is 9.64. The minimum Gasteiger partial charge on any atom is -0.354 e. The number of fused-ring (bicyclic) bond motifs is 2. The third-order valence-corrected chi connectivity index (χ3v) is 6.02. The highest BCUT2D eigenvalue weighted by molar-refractivity contribution is 5.68. The number of piperidine rings is 1. The van der Waals surface area contributed by atoms with Gasteiger partial charge in [0.2, 0.25) is 5.89 Å². The molecular weight excluding hydrogens is 391 g/mol. The highest BCUT2D eigenvalue weighted by atomic mass is 19.1. The van der Waals surface area contributed by atoms with Crippen molar-refractivity contribution in [3.63, 3.8) is 0 Å². The van der Waals surface area contributed by atoms with E-state index in [4.69, 9.17) is 4.52 Å². The Morgan fingerprint density at radius 3 is 2.80 bits per heavy atom. The van der Waals surface area contributed by atoms with Crippen LogP contribution in [0.5, 0.6) is 0 Å². The van der Waals surface area contributed by atoms with Crippen LogP contribution >= 0.6 is 0 Å². The molecule has 2 atom stereocenters. The number of nitrogens with zero attached hydrogens (tertiary/aromatic N) is 8. The zero-order valence-corrected chi connectivity index (χ0v) is 16.0. The number of pyridine rings is 1. The number of imidazole rings is 1. The zero-order chi connectivity index (χ0) is 20.4. The second kappa shape index (κ2) is 6.18. The van der Waals surface area contributed by atoms with Gasteiger partial charge in [-0.05, 0) is 24.0 Å². The maximum Gasteiger partial charge on any atom is 0.280 e. The second-order valence-electron chi connectivity index (χ2n) is 7.82. The summed E-state index contributed by atoms with van der Waals surface area (Å²) in [5, 5.41) is 4.12. The Kier molecular flexibility index (Phi) is 3.55. The van der Waals surface area contributed by atoms with Crippen molar-refractivity contribution in [2.75, 3.05) is 18.0 Å². The molecule has 0 N–H and O–H groups in total. The van der Waals surface area contributed by atoms with Crippen molar-refractivity contribution in [1.29, 1.82) is 0 Å². The first-order chi connectivity index (χ1) is 14.6. The molecule has 152 valence electrons. The van der Waals surface area contributed by atoms with Crippen molar-refractivity contribution in [2.24, 2.45) is 18.9 Å². The Labute approximate surface area is 169 Å². The minimum atomic E-state index is -0.304. The van der Waals surface area contributed by atoms with Crippen molar-refractivity contribution in [3.05, 3.63) is 58.9 Å². The molecule has 2 unspecified atom stereocenters. The molecule has 1 saturated heterocycles. The fourth-order valence-corrected chi connectivity index (χ4v) is 4.49. The van der Waals surface area contributed by atoms with E-state index in [1.165, 1.54) is 17.0 Å². The van der Waals surface area contributed by atoms with E-state index in [9.17, 15) is 9.18 Å². The maximum absolute atomic E-state index is 14.0. The molecule has 0 spiro atoms. The smallest absolute Gasteiger partial charge is 0.280 e. The quantitative estimate of drug-likeness (QED) is 0.491. The molecule has 2 fully saturated rings. The molecule has 0 radical (unpaired) electrons. The van der Waals surface area contributed by atoms with Gasteiger partial charge in [-0.2, -0.15) is 4.98 Å². The summed E-state index contributed by atoms with van der Waals surface area (Å²) in [4.78, 5) is 31.6. The van der Waals surface area contributed by atoms with Crippen LogP contribution in [0.3, 0.4) is 0 Å². The lowest BCUT2D eigenvalue weighted by atomic mass is 10.2. The monoisotopic (exact) mass is 408 g/mol. The number of halogens is 1. The topological polar surface area (TPSA) is 108 Å². The molecule has 10 nitrogen and oxygen atoms in total. The van der Waals surface area contributed by atoms with Gasteiger partial charge >= 0.3 is 0 Å². The van der Waals surface area contributed by atoms with Crippen LogP contribution < -0.4 is 10.5 Å². The van der Waals surface area contributed by atoms with Crippen LogP contribution in [0.25, 0.3) is 11.2 Å². The standard InChI is InChI=1S/C19H17FN8O2/c1-26-8-22-17-15(26)19(29)28(9-23-17)7-13-24-16(25-30-13)14-10-5-27(6-11(10)14)18-12(20)3-2-4-21-18/h2-4,8-11,14H,5-7H2,1H3. The minimum absolute atomic E-state index is 0.146. The summed E-state index contributed by atoms with van der Waals surface area (Å²) in [6, 6.07) is 3.01. The fourth-order valence-electron chi connectivity index (χ4n) is 4.49. The lowest BCUT2D eigenvalue weighted by Gasteiger charge is -2.20. The van der Waals surface area contributed by atoms with Crippen LogP contribution in [0.1, 0.15) is 17.6 Å². The Morgan fingerprint density at radius 2 is 2.00 bits per heavy atom. The maximum atomic E-state index is 14.0. The Balaban J connectivity index is 1.18. The van der Waals surface area contributed by atoms with Gasteiger partial charge < -0.3 is 14.0 Å². The Hall–Kier alpha value is -3.63. The number of aryl methyl sites for hydroxylation is 1. The van der Waals surface area contributed by atoms with Gasteiger partial charge in [0.15, 0.2) is 28.6 Å². The van der Waals surface area contributed by atoms with Gasteiger partial charge in [0.05, 0.1) is 6.33 Å². The molecule has 1 aliphatic heterocycles. The molecular formula is C19H17FN8O2. The number of hydrogen-bond acceptors (Lipinski definition) is 8. The third kappa shape index (κ3) is 2.54.